The number of pyridine rings is 1. The van der Waals surface area contributed by atoms with E-state index in [1.165, 1.54) is 22.5 Å². The van der Waals surface area contributed by atoms with Crippen LogP contribution in [0.2, 0.25) is 0 Å². The van der Waals surface area contributed by atoms with Gasteiger partial charge in [0.2, 0.25) is 0 Å². The van der Waals surface area contributed by atoms with E-state index in [-0.39, 0.29) is 5.41 Å². The van der Waals surface area contributed by atoms with Crippen LogP contribution in [0.4, 0.5) is 5.69 Å². The highest BCUT2D eigenvalue weighted by molar-refractivity contribution is 5.75. The maximum Gasteiger partial charge on any atom is 0.0447 e. The second-order valence-electron chi connectivity index (χ2n) is 5.51. The van der Waals surface area contributed by atoms with Crippen molar-refractivity contribution in [2.24, 2.45) is 0 Å². The highest BCUT2D eigenvalue weighted by Gasteiger charge is 2.37. The molecule has 0 bridgehead atoms. The number of aromatic nitrogens is 1. The van der Waals surface area contributed by atoms with Gasteiger partial charge in [-0.1, -0.05) is 32.0 Å². The number of likely N-dealkylation sites (N-methyl/N-ethyl adjacent to an activating group) is 1. The Morgan fingerprint density at radius 2 is 1.74 bits per heavy atom. The van der Waals surface area contributed by atoms with E-state index in [2.05, 4.69) is 61.1 Å². The van der Waals surface area contributed by atoms with E-state index in [1.54, 1.807) is 0 Å². The zero-order chi connectivity index (χ0) is 13.5. The van der Waals surface area contributed by atoms with Gasteiger partial charge in [-0.15, -0.1) is 0 Å². The maximum atomic E-state index is 4.07. The summed E-state index contributed by atoms with van der Waals surface area (Å²) in [5, 5.41) is 0. The summed E-state index contributed by atoms with van der Waals surface area (Å²) in [7, 11) is 2.14. The molecule has 1 aromatic heterocycles. The van der Waals surface area contributed by atoms with E-state index >= 15 is 0 Å². The molecule has 2 nitrogen and oxygen atoms in total. The Morgan fingerprint density at radius 1 is 1.05 bits per heavy atom. The molecule has 0 N–H and O–H groups in total. The number of benzene rings is 1. The van der Waals surface area contributed by atoms with Crippen LogP contribution in [0.3, 0.4) is 0 Å². The van der Waals surface area contributed by atoms with Crippen LogP contribution < -0.4 is 4.90 Å². The minimum Gasteiger partial charge on any atom is -0.347 e. The Hall–Kier alpha value is -2.09. The minimum atomic E-state index is 0.0363. The van der Waals surface area contributed by atoms with Gasteiger partial charge in [-0.2, -0.15) is 0 Å². The number of anilines is 1. The topological polar surface area (TPSA) is 16.1 Å². The van der Waals surface area contributed by atoms with Crippen molar-refractivity contribution < 1.29 is 0 Å². The molecule has 3 rings (SSSR count). The molecule has 2 heteroatoms. The first-order valence-corrected chi connectivity index (χ1v) is 6.56. The van der Waals surface area contributed by atoms with Gasteiger partial charge in [0.05, 0.1) is 0 Å². The fourth-order valence-electron chi connectivity index (χ4n) is 2.88. The number of fused-ring (bicyclic) bond motifs is 1. The first-order chi connectivity index (χ1) is 9.10. The Balaban J connectivity index is 2.13. The molecule has 0 saturated carbocycles. The normalized spacial score (nSPS) is 18.7. The molecule has 19 heavy (non-hydrogen) atoms. The van der Waals surface area contributed by atoms with Gasteiger partial charge in [-0.05, 0) is 35.4 Å². The van der Waals surface area contributed by atoms with Crippen LogP contribution in [0.25, 0.3) is 6.08 Å². The minimum absolute atomic E-state index is 0.0363. The third kappa shape index (κ3) is 1.84. The van der Waals surface area contributed by atoms with Gasteiger partial charge in [0, 0.05) is 36.2 Å². The summed E-state index contributed by atoms with van der Waals surface area (Å²) >= 11 is 0. The Kier molecular flexibility index (Phi) is 2.67. The molecule has 0 radical (unpaired) electrons. The van der Waals surface area contributed by atoms with Gasteiger partial charge in [0.1, 0.15) is 0 Å². The molecule has 0 fully saturated rings. The first-order valence-electron chi connectivity index (χ1n) is 6.56. The lowest BCUT2D eigenvalue weighted by Crippen LogP contribution is -2.22. The van der Waals surface area contributed by atoms with Crippen LogP contribution in [-0.4, -0.2) is 12.0 Å². The SMILES string of the molecule is CN1C(=Cc2ccncc2)C(C)(C)c2ccccc21. The molecule has 0 atom stereocenters. The average molecular weight is 250 g/mol. The van der Waals surface area contributed by atoms with Crippen LogP contribution in [-0.2, 0) is 5.41 Å². The molecule has 1 aromatic carbocycles. The van der Waals surface area contributed by atoms with Gasteiger partial charge in [-0.25, -0.2) is 0 Å². The molecule has 96 valence electrons. The zero-order valence-corrected chi connectivity index (χ0v) is 11.6. The molecule has 1 aliphatic rings. The van der Waals surface area contributed by atoms with Gasteiger partial charge >= 0.3 is 0 Å². The predicted molar refractivity (Wildman–Crippen MR) is 80.1 cm³/mol. The van der Waals surface area contributed by atoms with Gasteiger partial charge in [0.25, 0.3) is 0 Å². The third-order valence-electron chi connectivity index (χ3n) is 3.95. The number of rotatable bonds is 1. The summed E-state index contributed by atoms with van der Waals surface area (Å²) in [6.07, 6.45) is 5.92. The number of hydrogen-bond acceptors (Lipinski definition) is 2. The number of hydrogen-bond donors (Lipinski definition) is 0. The van der Waals surface area contributed by atoms with Gasteiger partial charge < -0.3 is 4.90 Å². The van der Waals surface area contributed by atoms with Crippen molar-refractivity contribution in [2.75, 3.05) is 11.9 Å². The van der Waals surface area contributed by atoms with E-state index in [4.69, 9.17) is 0 Å². The standard InChI is InChI=1S/C17H18N2/c1-17(2)14-6-4-5-7-15(14)19(3)16(17)12-13-8-10-18-11-9-13/h4-12H,1-3H3. The smallest absolute Gasteiger partial charge is 0.0447 e. The summed E-state index contributed by atoms with van der Waals surface area (Å²) in [5.41, 5.74) is 5.23. The van der Waals surface area contributed by atoms with Crippen molar-refractivity contribution in [3.05, 3.63) is 65.6 Å². The Bertz CT molecular complexity index is 627. The van der Waals surface area contributed by atoms with Gasteiger partial charge in [0.15, 0.2) is 0 Å². The molecule has 0 amide bonds. The van der Waals surface area contributed by atoms with Crippen LogP contribution >= 0.6 is 0 Å². The summed E-state index contributed by atoms with van der Waals surface area (Å²) in [5.74, 6) is 0. The average Bonchev–Trinajstić information content (AvgIpc) is 2.62. The Morgan fingerprint density at radius 3 is 2.42 bits per heavy atom. The predicted octanol–water partition coefficient (Wildman–Crippen LogP) is 3.85. The lowest BCUT2D eigenvalue weighted by Gasteiger charge is -2.24. The van der Waals surface area contributed by atoms with E-state index in [0.29, 0.717) is 0 Å². The van der Waals surface area contributed by atoms with Gasteiger partial charge in [-0.3, -0.25) is 4.98 Å². The van der Waals surface area contributed by atoms with Crippen LogP contribution in [0.15, 0.2) is 54.5 Å². The quantitative estimate of drug-likeness (QED) is 0.764. The largest absolute Gasteiger partial charge is 0.347 e. The van der Waals surface area contributed by atoms with Crippen molar-refractivity contribution in [1.29, 1.82) is 0 Å². The van der Waals surface area contributed by atoms with E-state index < -0.39 is 0 Å². The highest BCUT2D eigenvalue weighted by Crippen LogP contribution is 2.47. The molecule has 0 spiro atoms. The lowest BCUT2D eigenvalue weighted by atomic mass is 9.83. The fraction of sp³-hybridized carbons (Fsp3) is 0.235. The maximum absolute atomic E-state index is 4.07. The monoisotopic (exact) mass is 250 g/mol. The molecule has 0 saturated heterocycles. The van der Waals surface area contributed by atoms with Crippen molar-refractivity contribution in [3.8, 4) is 0 Å². The van der Waals surface area contributed by atoms with Crippen molar-refractivity contribution in [1.82, 2.24) is 4.98 Å². The molecule has 0 aliphatic carbocycles. The van der Waals surface area contributed by atoms with E-state index in [1.807, 2.05) is 24.5 Å². The summed E-state index contributed by atoms with van der Waals surface area (Å²) in [6.45, 7) is 4.56. The van der Waals surface area contributed by atoms with E-state index in [0.717, 1.165) is 0 Å². The number of nitrogens with zero attached hydrogens (tertiary/aromatic N) is 2. The van der Waals surface area contributed by atoms with Crippen molar-refractivity contribution >= 4 is 11.8 Å². The Labute approximate surface area is 114 Å². The van der Waals surface area contributed by atoms with Crippen molar-refractivity contribution in [3.63, 3.8) is 0 Å². The molecular formula is C17H18N2. The first kappa shape index (κ1) is 12.0. The van der Waals surface area contributed by atoms with Crippen LogP contribution in [0.5, 0.6) is 0 Å². The second-order valence-corrected chi connectivity index (χ2v) is 5.51. The lowest BCUT2D eigenvalue weighted by molar-refractivity contribution is 0.645. The number of allylic oxidation sites excluding steroid dienone is 1. The molecule has 1 aliphatic heterocycles. The van der Waals surface area contributed by atoms with Crippen molar-refractivity contribution in [2.45, 2.75) is 19.3 Å². The summed E-state index contributed by atoms with van der Waals surface area (Å²) in [4.78, 5) is 6.36. The molecular weight excluding hydrogens is 232 g/mol. The third-order valence-corrected chi connectivity index (χ3v) is 3.95. The fourth-order valence-corrected chi connectivity index (χ4v) is 2.88. The number of para-hydroxylation sites is 1. The molecule has 2 heterocycles. The summed E-state index contributed by atoms with van der Waals surface area (Å²) < 4.78 is 0. The zero-order valence-electron chi connectivity index (χ0n) is 11.6. The van der Waals surface area contributed by atoms with E-state index in [9.17, 15) is 0 Å². The molecule has 2 aromatic rings. The van der Waals surface area contributed by atoms with Crippen LogP contribution in [0, 0.1) is 0 Å². The van der Waals surface area contributed by atoms with Crippen LogP contribution in [0.1, 0.15) is 25.0 Å². The summed E-state index contributed by atoms with van der Waals surface area (Å²) in [6, 6.07) is 12.7. The second kappa shape index (κ2) is 4.23. The highest BCUT2D eigenvalue weighted by atomic mass is 15.2. The molecule has 0 unspecified atom stereocenters.